The van der Waals surface area contributed by atoms with Crippen LogP contribution in [0.25, 0.3) is 0 Å². The zero-order valence-electron chi connectivity index (χ0n) is 11.1. The summed E-state index contributed by atoms with van der Waals surface area (Å²) in [4.78, 5) is 12.3. The molecule has 0 spiro atoms. The van der Waals surface area contributed by atoms with Crippen LogP contribution < -0.4 is 10.6 Å². The van der Waals surface area contributed by atoms with Gasteiger partial charge in [0.1, 0.15) is 0 Å². The molecule has 19 heavy (non-hydrogen) atoms. The molecule has 3 unspecified atom stereocenters. The second-order valence-electron chi connectivity index (χ2n) is 6.20. The summed E-state index contributed by atoms with van der Waals surface area (Å²) in [5.41, 5.74) is 3.64. The molecule has 1 amide bonds. The predicted molar refractivity (Wildman–Crippen MR) is 74.3 cm³/mol. The molecule has 3 heteroatoms. The van der Waals surface area contributed by atoms with Crippen molar-refractivity contribution >= 4 is 5.91 Å². The first kappa shape index (κ1) is 11.5. The molecule has 1 aliphatic carbocycles. The lowest BCUT2D eigenvalue weighted by Crippen LogP contribution is -2.42. The Hall–Kier alpha value is -1.35. The molecule has 2 aliphatic heterocycles. The Morgan fingerprint density at radius 2 is 2.11 bits per heavy atom. The molecule has 1 aromatic carbocycles. The van der Waals surface area contributed by atoms with Gasteiger partial charge < -0.3 is 10.6 Å². The summed E-state index contributed by atoms with van der Waals surface area (Å²) < 4.78 is 0. The number of aryl methyl sites for hydroxylation is 2. The summed E-state index contributed by atoms with van der Waals surface area (Å²) in [6.07, 6.45) is 7.12. The van der Waals surface area contributed by atoms with E-state index in [9.17, 15) is 4.79 Å². The molecule has 2 fully saturated rings. The molecule has 4 rings (SSSR count). The third-order valence-corrected chi connectivity index (χ3v) is 4.98. The Balaban J connectivity index is 1.48. The third kappa shape index (κ3) is 1.96. The van der Waals surface area contributed by atoms with Gasteiger partial charge in [0.2, 0.25) is 0 Å². The van der Waals surface area contributed by atoms with Crippen LogP contribution in [0.1, 0.15) is 47.2 Å². The van der Waals surface area contributed by atoms with Gasteiger partial charge in [-0.25, -0.2) is 0 Å². The summed E-state index contributed by atoms with van der Waals surface area (Å²) >= 11 is 0. The van der Waals surface area contributed by atoms with E-state index in [0.717, 1.165) is 18.4 Å². The van der Waals surface area contributed by atoms with Gasteiger partial charge in [-0.2, -0.15) is 0 Å². The van der Waals surface area contributed by atoms with Crippen LogP contribution in [0.2, 0.25) is 0 Å². The molecule has 3 atom stereocenters. The molecule has 2 saturated heterocycles. The summed E-state index contributed by atoms with van der Waals surface area (Å²) in [6, 6.07) is 7.69. The maximum Gasteiger partial charge on any atom is 0.251 e. The molecule has 0 radical (unpaired) electrons. The lowest BCUT2D eigenvalue weighted by atomic mass is 9.95. The van der Waals surface area contributed by atoms with Crippen molar-refractivity contribution < 1.29 is 4.79 Å². The van der Waals surface area contributed by atoms with E-state index in [2.05, 4.69) is 22.8 Å². The minimum Gasteiger partial charge on any atom is -0.348 e. The van der Waals surface area contributed by atoms with E-state index in [0.29, 0.717) is 18.1 Å². The number of hydrogen-bond donors (Lipinski definition) is 2. The molecule has 2 N–H and O–H groups in total. The van der Waals surface area contributed by atoms with E-state index in [1.54, 1.807) is 0 Å². The fourth-order valence-corrected chi connectivity index (χ4v) is 3.95. The maximum absolute atomic E-state index is 12.3. The van der Waals surface area contributed by atoms with Crippen molar-refractivity contribution in [2.75, 3.05) is 0 Å². The van der Waals surface area contributed by atoms with Crippen LogP contribution in [-0.4, -0.2) is 24.0 Å². The average Bonchev–Trinajstić information content (AvgIpc) is 3.13. The molecular formula is C16H20N2O. The second-order valence-corrected chi connectivity index (χ2v) is 6.20. The predicted octanol–water partition coefficient (Wildman–Crippen LogP) is 1.80. The Kier molecular flexibility index (Phi) is 2.62. The van der Waals surface area contributed by atoms with E-state index in [1.807, 2.05) is 6.07 Å². The minimum atomic E-state index is 0.106. The molecule has 1 aromatic rings. The van der Waals surface area contributed by atoms with Crippen LogP contribution in [0.15, 0.2) is 18.2 Å². The number of fused-ring (bicyclic) bond motifs is 3. The zero-order valence-corrected chi connectivity index (χ0v) is 11.1. The van der Waals surface area contributed by atoms with Gasteiger partial charge in [0.15, 0.2) is 0 Å². The van der Waals surface area contributed by atoms with Crippen LogP contribution in [0.5, 0.6) is 0 Å². The first-order chi connectivity index (χ1) is 9.29. The zero-order chi connectivity index (χ0) is 12.8. The molecule has 2 bridgehead atoms. The van der Waals surface area contributed by atoms with Gasteiger partial charge in [0.05, 0.1) is 0 Å². The second kappa shape index (κ2) is 4.34. The van der Waals surface area contributed by atoms with Gasteiger partial charge in [0.25, 0.3) is 5.91 Å². The third-order valence-electron chi connectivity index (χ3n) is 4.98. The maximum atomic E-state index is 12.3. The number of carbonyl (C=O) groups is 1. The van der Waals surface area contributed by atoms with Gasteiger partial charge in [-0.15, -0.1) is 0 Å². The monoisotopic (exact) mass is 256 g/mol. The lowest BCUT2D eigenvalue weighted by molar-refractivity contribution is 0.0931. The summed E-state index contributed by atoms with van der Waals surface area (Å²) in [5, 5.41) is 6.78. The van der Waals surface area contributed by atoms with Gasteiger partial charge in [0, 0.05) is 23.7 Å². The van der Waals surface area contributed by atoms with Crippen LogP contribution >= 0.6 is 0 Å². The molecule has 3 aliphatic rings. The van der Waals surface area contributed by atoms with E-state index in [-0.39, 0.29) is 5.91 Å². The smallest absolute Gasteiger partial charge is 0.251 e. The normalized spacial score (nSPS) is 31.5. The Bertz CT molecular complexity index is 525. The van der Waals surface area contributed by atoms with E-state index >= 15 is 0 Å². The van der Waals surface area contributed by atoms with Crippen molar-refractivity contribution in [3.8, 4) is 0 Å². The number of benzene rings is 1. The highest BCUT2D eigenvalue weighted by atomic mass is 16.1. The highest BCUT2D eigenvalue weighted by Gasteiger charge is 2.39. The van der Waals surface area contributed by atoms with Gasteiger partial charge in [-0.3, -0.25) is 4.79 Å². The highest BCUT2D eigenvalue weighted by Crippen LogP contribution is 2.28. The fraction of sp³-hybridized carbons (Fsp3) is 0.562. The molecular weight excluding hydrogens is 236 g/mol. The fourth-order valence-electron chi connectivity index (χ4n) is 3.95. The molecule has 0 saturated carbocycles. The lowest BCUT2D eigenvalue weighted by Gasteiger charge is -2.21. The number of carbonyl (C=O) groups excluding carboxylic acids is 1. The van der Waals surface area contributed by atoms with Crippen LogP contribution in [0.3, 0.4) is 0 Å². The number of nitrogens with one attached hydrogen (secondary N) is 2. The van der Waals surface area contributed by atoms with Gasteiger partial charge in [-0.05, 0) is 61.8 Å². The van der Waals surface area contributed by atoms with Crippen LogP contribution in [0.4, 0.5) is 0 Å². The summed E-state index contributed by atoms with van der Waals surface area (Å²) in [6.45, 7) is 0. The minimum absolute atomic E-state index is 0.106. The van der Waals surface area contributed by atoms with E-state index in [1.165, 1.54) is 36.8 Å². The number of hydrogen-bond acceptors (Lipinski definition) is 2. The van der Waals surface area contributed by atoms with Crippen molar-refractivity contribution in [1.82, 2.24) is 10.6 Å². The van der Waals surface area contributed by atoms with Crippen molar-refractivity contribution in [2.45, 2.75) is 56.7 Å². The first-order valence-electron chi connectivity index (χ1n) is 7.48. The van der Waals surface area contributed by atoms with Crippen molar-refractivity contribution in [3.05, 3.63) is 34.9 Å². The van der Waals surface area contributed by atoms with E-state index < -0.39 is 0 Å². The Labute approximate surface area is 113 Å². The summed E-state index contributed by atoms with van der Waals surface area (Å²) in [7, 11) is 0. The molecule has 3 nitrogen and oxygen atoms in total. The van der Waals surface area contributed by atoms with Gasteiger partial charge >= 0.3 is 0 Å². The topological polar surface area (TPSA) is 41.1 Å². The van der Waals surface area contributed by atoms with Crippen molar-refractivity contribution in [1.29, 1.82) is 0 Å². The highest BCUT2D eigenvalue weighted by molar-refractivity contribution is 5.94. The first-order valence-corrected chi connectivity index (χ1v) is 7.48. The largest absolute Gasteiger partial charge is 0.348 e. The average molecular weight is 256 g/mol. The molecule has 2 heterocycles. The van der Waals surface area contributed by atoms with Crippen molar-refractivity contribution in [3.63, 3.8) is 0 Å². The van der Waals surface area contributed by atoms with Gasteiger partial charge in [-0.1, -0.05) is 6.07 Å². The Morgan fingerprint density at radius 1 is 1.21 bits per heavy atom. The number of rotatable bonds is 2. The van der Waals surface area contributed by atoms with Crippen LogP contribution in [0, 0.1) is 0 Å². The van der Waals surface area contributed by atoms with Crippen molar-refractivity contribution in [2.24, 2.45) is 0 Å². The SMILES string of the molecule is O=C(NC1CC2CCC1N2)c1ccc2c(c1)CCC2. The Morgan fingerprint density at radius 3 is 2.89 bits per heavy atom. The molecule has 0 aromatic heterocycles. The standard InChI is InChI=1S/C16H20N2O/c19-16(18-15-9-13-6-7-14(15)17-13)12-5-4-10-2-1-3-11(10)8-12/h4-5,8,13-15,17H,1-3,6-7,9H2,(H,18,19). The quantitative estimate of drug-likeness (QED) is 0.847. The summed E-state index contributed by atoms with van der Waals surface area (Å²) in [5.74, 6) is 0.106. The van der Waals surface area contributed by atoms with E-state index in [4.69, 9.17) is 0 Å². The van der Waals surface area contributed by atoms with Crippen LogP contribution in [-0.2, 0) is 12.8 Å². The number of amides is 1. The molecule has 100 valence electrons.